The van der Waals surface area contributed by atoms with E-state index in [1.807, 2.05) is 32.3 Å². The topological polar surface area (TPSA) is 53.5 Å². The summed E-state index contributed by atoms with van der Waals surface area (Å²) < 4.78 is 5.65. The Balaban J connectivity index is 2.25. The maximum Gasteiger partial charge on any atom is 0.151 e. The highest BCUT2D eigenvalue weighted by Gasteiger charge is 2.28. The molecule has 7 heteroatoms. The van der Waals surface area contributed by atoms with Crippen LogP contribution >= 0.6 is 7.92 Å². The fourth-order valence-electron chi connectivity index (χ4n) is 2.13. The first-order chi connectivity index (χ1) is 10.8. The molecule has 0 N–H and O–H groups in total. The van der Waals surface area contributed by atoms with Crippen molar-refractivity contribution in [3.8, 4) is 0 Å². The summed E-state index contributed by atoms with van der Waals surface area (Å²) in [6, 6.07) is 0. The molecular formula is C15H15N6P. The average molecular weight is 310 g/mol. The lowest BCUT2D eigenvalue weighted by Gasteiger charge is -2.16. The van der Waals surface area contributed by atoms with Crippen LogP contribution < -0.4 is 16.7 Å². The van der Waals surface area contributed by atoms with E-state index in [9.17, 15) is 0 Å². The number of nitrogens with zero attached hydrogens (tertiary/aromatic N) is 6. The second-order valence-corrected chi connectivity index (χ2v) is 6.16. The molecule has 0 aliphatic heterocycles. The van der Waals surface area contributed by atoms with Crippen molar-refractivity contribution in [2.75, 3.05) is 0 Å². The van der Waals surface area contributed by atoms with E-state index in [2.05, 4.69) is 34.7 Å². The lowest BCUT2D eigenvalue weighted by molar-refractivity contribution is 1.17. The maximum absolute atomic E-state index is 4.50. The summed E-state index contributed by atoms with van der Waals surface area (Å²) >= 11 is 0. The van der Waals surface area contributed by atoms with Crippen molar-refractivity contribution < 1.29 is 0 Å². The molecule has 3 aromatic heterocycles. The Morgan fingerprint density at radius 1 is 0.682 bits per heavy atom. The van der Waals surface area contributed by atoms with E-state index in [-0.39, 0.29) is 0 Å². The van der Waals surface area contributed by atoms with Crippen LogP contribution in [-0.2, 0) is 0 Å². The second kappa shape index (κ2) is 5.95. The third kappa shape index (κ3) is 2.23. The fraction of sp³-hybridized carbons (Fsp3) is 0. The molecule has 0 aromatic carbocycles. The van der Waals surface area contributed by atoms with Crippen LogP contribution in [0.25, 0.3) is 18.6 Å². The molecule has 3 rings (SSSR count). The van der Waals surface area contributed by atoms with E-state index in [0.717, 1.165) is 16.7 Å². The second-order valence-electron chi connectivity index (χ2n) is 4.29. The quantitative estimate of drug-likeness (QED) is 0.646. The Morgan fingerprint density at radius 2 is 1.00 bits per heavy atom. The molecule has 3 aromatic rings. The number of hydrogen-bond acceptors (Lipinski definition) is 3. The van der Waals surface area contributed by atoms with E-state index >= 15 is 0 Å². The van der Waals surface area contributed by atoms with Crippen LogP contribution in [0.1, 0.15) is 0 Å². The predicted octanol–water partition coefficient (Wildman–Crippen LogP) is 1.34. The van der Waals surface area contributed by atoms with Gasteiger partial charge in [0.25, 0.3) is 0 Å². The van der Waals surface area contributed by atoms with Crippen LogP contribution in [-0.4, -0.2) is 28.7 Å². The van der Waals surface area contributed by atoms with Gasteiger partial charge in [0.1, 0.15) is 7.92 Å². The van der Waals surface area contributed by atoms with Crippen LogP contribution in [0.4, 0.5) is 0 Å². The van der Waals surface area contributed by atoms with Gasteiger partial charge in [0.05, 0.1) is 0 Å². The summed E-state index contributed by atoms with van der Waals surface area (Å²) in [5.41, 5.74) is 2.52. The summed E-state index contributed by atoms with van der Waals surface area (Å²) in [6.07, 6.45) is 16.0. The standard InChI is InChI=1S/C15H15N6P/c1-4-19-10-7-16-13(19)22(14-17-8-11-20(14)5-2)15-18-9-12-21(15)6-3/h4-12H,1-3H2. The van der Waals surface area contributed by atoms with Crippen molar-refractivity contribution >= 4 is 43.2 Å². The monoisotopic (exact) mass is 310 g/mol. The maximum atomic E-state index is 4.50. The predicted molar refractivity (Wildman–Crippen MR) is 91.7 cm³/mol. The van der Waals surface area contributed by atoms with Crippen LogP contribution in [0.5, 0.6) is 0 Å². The minimum atomic E-state index is -1.07. The third-order valence-electron chi connectivity index (χ3n) is 3.13. The Labute approximate surface area is 129 Å². The summed E-state index contributed by atoms with van der Waals surface area (Å²) in [7, 11) is -1.07. The van der Waals surface area contributed by atoms with Gasteiger partial charge in [-0.1, -0.05) is 19.7 Å². The van der Waals surface area contributed by atoms with Crippen molar-refractivity contribution in [3.63, 3.8) is 0 Å². The summed E-state index contributed by atoms with van der Waals surface area (Å²) in [5.74, 6) is 0. The molecule has 0 saturated carbocycles. The molecule has 22 heavy (non-hydrogen) atoms. The molecule has 3 heterocycles. The Bertz CT molecular complexity index is 715. The highest BCUT2D eigenvalue weighted by atomic mass is 31.1. The molecule has 0 amide bonds. The van der Waals surface area contributed by atoms with Gasteiger partial charge in [-0.15, -0.1) is 0 Å². The van der Waals surface area contributed by atoms with Crippen LogP contribution in [0, 0.1) is 0 Å². The minimum Gasteiger partial charge on any atom is -0.307 e. The first-order valence-corrected chi connectivity index (χ1v) is 7.90. The number of aromatic nitrogens is 6. The van der Waals surface area contributed by atoms with E-state index in [1.54, 1.807) is 37.2 Å². The molecular weight excluding hydrogens is 295 g/mol. The Kier molecular flexibility index (Phi) is 3.85. The van der Waals surface area contributed by atoms with Gasteiger partial charge < -0.3 is 13.7 Å². The first-order valence-electron chi connectivity index (χ1n) is 6.56. The van der Waals surface area contributed by atoms with E-state index in [4.69, 9.17) is 0 Å². The van der Waals surface area contributed by atoms with Crippen LogP contribution in [0.15, 0.2) is 56.9 Å². The van der Waals surface area contributed by atoms with Crippen LogP contribution in [0.3, 0.4) is 0 Å². The van der Waals surface area contributed by atoms with Gasteiger partial charge in [-0.25, -0.2) is 15.0 Å². The number of imidazole rings is 3. The van der Waals surface area contributed by atoms with Crippen molar-refractivity contribution in [1.29, 1.82) is 0 Å². The third-order valence-corrected chi connectivity index (χ3v) is 5.37. The van der Waals surface area contributed by atoms with Gasteiger partial charge in [0, 0.05) is 55.8 Å². The molecule has 0 spiro atoms. The molecule has 0 fully saturated rings. The van der Waals surface area contributed by atoms with Crippen LogP contribution in [0.2, 0.25) is 0 Å². The molecule has 110 valence electrons. The number of hydrogen-bond donors (Lipinski definition) is 0. The molecule has 0 unspecified atom stereocenters. The van der Waals surface area contributed by atoms with Gasteiger partial charge in [0.2, 0.25) is 0 Å². The molecule has 0 radical (unpaired) electrons. The van der Waals surface area contributed by atoms with Crippen molar-refractivity contribution in [3.05, 3.63) is 56.9 Å². The molecule has 6 nitrogen and oxygen atoms in total. The molecule has 0 aliphatic rings. The molecule has 0 atom stereocenters. The minimum absolute atomic E-state index is 0.841. The van der Waals surface area contributed by atoms with Crippen molar-refractivity contribution in [2.45, 2.75) is 0 Å². The highest BCUT2D eigenvalue weighted by molar-refractivity contribution is 7.78. The average Bonchev–Trinajstić information content (AvgIpc) is 3.28. The SMILES string of the molecule is C=Cn1ccnc1P(c1nccn1C=C)c1nccn1C=C. The fourth-order valence-corrected chi connectivity index (χ4v) is 4.35. The normalized spacial score (nSPS) is 10.8. The molecule has 0 aliphatic carbocycles. The zero-order valence-corrected chi connectivity index (χ0v) is 12.8. The summed E-state index contributed by atoms with van der Waals surface area (Å²) in [6.45, 7) is 11.5. The number of rotatable bonds is 6. The van der Waals surface area contributed by atoms with Gasteiger partial charge in [-0.2, -0.15) is 0 Å². The zero-order valence-electron chi connectivity index (χ0n) is 11.9. The Morgan fingerprint density at radius 3 is 1.27 bits per heavy atom. The van der Waals surface area contributed by atoms with Crippen molar-refractivity contribution in [1.82, 2.24) is 28.7 Å². The van der Waals surface area contributed by atoms with Gasteiger partial charge >= 0.3 is 0 Å². The lowest BCUT2D eigenvalue weighted by atomic mass is 10.8. The Hall–Kier alpha value is -2.72. The van der Waals surface area contributed by atoms with E-state index in [1.165, 1.54) is 0 Å². The zero-order chi connectivity index (χ0) is 15.5. The summed E-state index contributed by atoms with van der Waals surface area (Å²) in [4.78, 5) is 13.5. The van der Waals surface area contributed by atoms with E-state index in [0.29, 0.717) is 0 Å². The van der Waals surface area contributed by atoms with Crippen molar-refractivity contribution in [2.24, 2.45) is 0 Å². The van der Waals surface area contributed by atoms with Gasteiger partial charge in [0.15, 0.2) is 16.7 Å². The lowest BCUT2D eigenvalue weighted by Crippen LogP contribution is -2.33. The largest absolute Gasteiger partial charge is 0.307 e. The summed E-state index contributed by atoms with van der Waals surface area (Å²) in [5, 5.41) is 0. The molecule has 0 saturated heterocycles. The highest BCUT2D eigenvalue weighted by Crippen LogP contribution is 2.30. The smallest absolute Gasteiger partial charge is 0.151 e. The molecule has 0 bridgehead atoms. The first kappa shape index (κ1) is 14.2. The van der Waals surface area contributed by atoms with Gasteiger partial charge in [-0.3, -0.25) is 0 Å². The van der Waals surface area contributed by atoms with E-state index < -0.39 is 7.92 Å². The van der Waals surface area contributed by atoms with Gasteiger partial charge in [-0.05, 0) is 0 Å².